The number of hydrogen-bond donors (Lipinski definition) is 1. The number of hydrogen-bond acceptors (Lipinski definition) is 2. The van der Waals surface area contributed by atoms with Crippen molar-refractivity contribution in [3.05, 3.63) is 34.9 Å². The predicted molar refractivity (Wildman–Crippen MR) is 72.4 cm³/mol. The summed E-state index contributed by atoms with van der Waals surface area (Å²) in [7, 11) is 0. The SMILES string of the molecule is Cc1ccc(C(C)C)cc1C(=O)C(C)CCN. The summed E-state index contributed by atoms with van der Waals surface area (Å²) in [6.45, 7) is 8.80. The quantitative estimate of drug-likeness (QED) is 0.793. The lowest BCUT2D eigenvalue weighted by Gasteiger charge is -2.14. The Balaban J connectivity index is 3.03. The fourth-order valence-electron chi connectivity index (χ4n) is 1.91. The van der Waals surface area contributed by atoms with Crippen LogP contribution in [0, 0.1) is 12.8 Å². The lowest BCUT2D eigenvalue weighted by molar-refractivity contribution is 0.0925. The van der Waals surface area contributed by atoms with E-state index in [1.807, 2.05) is 26.0 Å². The first kappa shape index (κ1) is 13.9. The maximum atomic E-state index is 12.3. The standard InChI is InChI=1S/C15H23NO/c1-10(2)13-6-5-11(3)14(9-13)15(17)12(4)7-8-16/h5-6,9-10,12H,7-8,16H2,1-4H3. The predicted octanol–water partition coefficient (Wildman–Crippen LogP) is 3.29. The van der Waals surface area contributed by atoms with Gasteiger partial charge in [0.25, 0.3) is 0 Å². The summed E-state index contributed by atoms with van der Waals surface area (Å²) in [5, 5.41) is 0. The molecule has 1 rings (SSSR count). The lowest BCUT2D eigenvalue weighted by atomic mass is 9.90. The van der Waals surface area contributed by atoms with Crippen molar-refractivity contribution in [1.82, 2.24) is 0 Å². The van der Waals surface area contributed by atoms with Gasteiger partial charge >= 0.3 is 0 Å². The van der Waals surface area contributed by atoms with Crippen LogP contribution in [0.15, 0.2) is 18.2 Å². The van der Waals surface area contributed by atoms with Crippen LogP contribution in [0.5, 0.6) is 0 Å². The second-order valence-electron chi connectivity index (χ2n) is 5.07. The maximum absolute atomic E-state index is 12.3. The monoisotopic (exact) mass is 233 g/mol. The Kier molecular flexibility index (Phi) is 4.88. The maximum Gasteiger partial charge on any atom is 0.165 e. The molecule has 0 aliphatic carbocycles. The van der Waals surface area contributed by atoms with Crippen molar-refractivity contribution >= 4 is 5.78 Å². The van der Waals surface area contributed by atoms with Crippen LogP contribution in [0.4, 0.5) is 0 Å². The number of Topliss-reactive ketones (excluding diaryl/α,β-unsaturated/α-hetero) is 1. The number of ketones is 1. The zero-order valence-corrected chi connectivity index (χ0v) is 11.3. The van der Waals surface area contributed by atoms with E-state index in [1.165, 1.54) is 5.56 Å². The molecule has 0 heterocycles. The Bertz CT molecular complexity index is 396. The fourth-order valence-corrected chi connectivity index (χ4v) is 1.91. The number of carbonyl (C=O) groups is 1. The largest absolute Gasteiger partial charge is 0.330 e. The molecule has 1 aromatic rings. The van der Waals surface area contributed by atoms with Crippen LogP contribution >= 0.6 is 0 Å². The van der Waals surface area contributed by atoms with Gasteiger partial charge in [-0.2, -0.15) is 0 Å². The van der Waals surface area contributed by atoms with Gasteiger partial charge < -0.3 is 5.73 Å². The Labute approximate surface area is 104 Å². The molecule has 0 radical (unpaired) electrons. The third kappa shape index (κ3) is 3.40. The van der Waals surface area contributed by atoms with Gasteiger partial charge in [0, 0.05) is 11.5 Å². The van der Waals surface area contributed by atoms with Crippen LogP contribution in [0.2, 0.25) is 0 Å². The first-order valence-corrected chi connectivity index (χ1v) is 6.32. The molecule has 1 atom stereocenters. The van der Waals surface area contributed by atoms with E-state index in [0.717, 1.165) is 17.5 Å². The van der Waals surface area contributed by atoms with Crippen LogP contribution in [0.25, 0.3) is 0 Å². The van der Waals surface area contributed by atoms with Gasteiger partial charge in [0.15, 0.2) is 5.78 Å². The van der Waals surface area contributed by atoms with Crippen LogP contribution in [-0.4, -0.2) is 12.3 Å². The van der Waals surface area contributed by atoms with E-state index >= 15 is 0 Å². The molecule has 94 valence electrons. The molecule has 2 N–H and O–H groups in total. The highest BCUT2D eigenvalue weighted by atomic mass is 16.1. The third-order valence-electron chi connectivity index (χ3n) is 3.24. The molecular weight excluding hydrogens is 210 g/mol. The molecule has 2 heteroatoms. The van der Waals surface area contributed by atoms with Crippen LogP contribution < -0.4 is 5.73 Å². The minimum atomic E-state index is 0.0149. The summed E-state index contributed by atoms with van der Waals surface area (Å²) in [6.07, 6.45) is 0.754. The van der Waals surface area contributed by atoms with Crippen molar-refractivity contribution in [2.45, 2.75) is 40.0 Å². The molecule has 0 aliphatic rings. The average molecular weight is 233 g/mol. The van der Waals surface area contributed by atoms with E-state index < -0.39 is 0 Å². The van der Waals surface area contributed by atoms with Crippen molar-refractivity contribution in [3.8, 4) is 0 Å². The smallest absolute Gasteiger partial charge is 0.165 e. The van der Waals surface area contributed by atoms with Crippen molar-refractivity contribution in [3.63, 3.8) is 0 Å². The van der Waals surface area contributed by atoms with Gasteiger partial charge in [0.05, 0.1) is 0 Å². The molecule has 2 nitrogen and oxygen atoms in total. The van der Waals surface area contributed by atoms with E-state index in [0.29, 0.717) is 12.5 Å². The van der Waals surface area contributed by atoms with Gasteiger partial charge in [-0.15, -0.1) is 0 Å². The zero-order valence-electron chi connectivity index (χ0n) is 11.3. The van der Waals surface area contributed by atoms with Crippen molar-refractivity contribution in [2.75, 3.05) is 6.54 Å². The molecule has 1 aromatic carbocycles. The number of nitrogens with two attached hydrogens (primary N) is 1. The van der Waals surface area contributed by atoms with Crippen LogP contribution in [0.1, 0.15) is 54.6 Å². The minimum Gasteiger partial charge on any atom is -0.330 e. The molecule has 1 unspecified atom stereocenters. The zero-order chi connectivity index (χ0) is 13.0. The third-order valence-corrected chi connectivity index (χ3v) is 3.24. The molecular formula is C15H23NO. The second kappa shape index (κ2) is 5.97. The molecule has 0 aromatic heterocycles. The molecule has 0 fully saturated rings. The average Bonchev–Trinajstić information content (AvgIpc) is 2.28. The normalized spacial score (nSPS) is 12.8. The number of rotatable bonds is 5. The first-order chi connectivity index (χ1) is 7.97. The van der Waals surface area contributed by atoms with Crippen molar-refractivity contribution in [2.24, 2.45) is 11.7 Å². The molecule has 0 amide bonds. The highest BCUT2D eigenvalue weighted by molar-refractivity contribution is 5.99. The van der Waals surface area contributed by atoms with Gasteiger partial charge in [-0.3, -0.25) is 4.79 Å². The minimum absolute atomic E-state index is 0.0149. The molecule has 0 bridgehead atoms. The van der Waals surface area contributed by atoms with Gasteiger partial charge in [0.1, 0.15) is 0 Å². The van der Waals surface area contributed by atoms with Crippen molar-refractivity contribution in [1.29, 1.82) is 0 Å². The topological polar surface area (TPSA) is 43.1 Å². The summed E-state index contributed by atoms with van der Waals surface area (Å²) in [5.41, 5.74) is 8.65. The summed E-state index contributed by atoms with van der Waals surface area (Å²) in [6, 6.07) is 6.18. The summed E-state index contributed by atoms with van der Waals surface area (Å²) < 4.78 is 0. The summed E-state index contributed by atoms with van der Waals surface area (Å²) in [5.74, 6) is 0.684. The lowest BCUT2D eigenvalue weighted by Crippen LogP contribution is -2.17. The summed E-state index contributed by atoms with van der Waals surface area (Å²) >= 11 is 0. The fraction of sp³-hybridized carbons (Fsp3) is 0.533. The van der Waals surface area contributed by atoms with Gasteiger partial charge in [0.2, 0.25) is 0 Å². The molecule has 0 aliphatic heterocycles. The van der Waals surface area contributed by atoms with Crippen LogP contribution in [-0.2, 0) is 0 Å². The van der Waals surface area contributed by atoms with E-state index in [2.05, 4.69) is 19.9 Å². The molecule has 17 heavy (non-hydrogen) atoms. The highest BCUT2D eigenvalue weighted by Gasteiger charge is 2.17. The molecule has 0 spiro atoms. The van der Waals surface area contributed by atoms with E-state index in [9.17, 15) is 4.79 Å². The van der Waals surface area contributed by atoms with Gasteiger partial charge in [-0.25, -0.2) is 0 Å². The van der Waals surface area contributed by atoms with Gasteiger partial charge in [-0.1, -0.05) is 32.9 Å². The summed E-state index contributed by atoms with van der Waals surface area (Å²) in [4.78, 5) is 12.3. The Hall–Kier alpha value is -1.15. The van der Waals surface area contributed by atoms with E-state index in [4.69, 9.17) is 5.73 Å². The number of benzene rings is 1. The van der Waals surface area contributed by atoms with E-state index in [1.54, 1.807) is 0 Å². The molecule has 0 saturated heterocycles. The van der Waals surface area contributed by atoms with Crippen molar-refractivity contribution < 1.29 is 4.79 Å². The Morgan fingerprint density at radius 3 is 2.47 bits per heavy atom. The first-order valence-electron chi connectivity index (χ1n) is 6.32. The second-order valence-corrected chi connectivity index (χ2v) is 5.07. The van der Waals surface area contributed by atoms with Crippen LogP contribution in [0.3, 0.4) is 0 Å². The number of carbonyl (C=O) groups excluding carboxylic acids is 1. The highest BCUT2D eigenvalue weighted by Crippen LogP contribution is 2.21. The Morgan fingerprint density at radius 2 is 1.94 bits per heavy atom. The Morgan fingerprint density at radius 1 is 1.29 bits per heavy atom. The molecule has 0 saturated carbocycles. The van der Waals surface area contributed by atoms with E-state index in [-0.39, 0.29) is 11.7 Å². The number of aryl methyl sites for hydroxylation is 1. The van der Waals surface area contributed by atoms with Gasteiger partial charge in [-0.05, 0) is 43.0 Å².